The van der Waals surface area contributed by atoms with Crippen molar-refractivity contribution in [3.05, 3.63) is 36.7 Å². The van der Waals surface area contributed by atoms with Crippen molar-refractivity contribution < 1.29 is 9.31 Å². The molecule has 86 valence electrons. The first-order valence-electron chi connectivity index (χ1n) is 4.93. The molecule has 2 rings (SSSR count). The van der Waals surface area contributed by atoms with Crippen LogP contribution in [0.1, 0.15) is 0 Å². The molecule has 0 aromatic carbocycles. The molecule has 2 heterocycles. The van der Waals surface area contributed by atoms with E-state index in [4.69, 9.17) is 20.8 Å². The van der Waals surface area contributed by atoms with Crippen LogP contribution in [0.2, 0.25) is 0 Å². The van der Waals surface area contributed by atoms with E-state index in [1.165, 1.54) is 12.4 Å². The summed E-state index contributed by atoms with van der Waals surface area (Å²) in [5.41, 5.74) is 10.9. The fraction of sp³-hybridized carbons (Fsp3) is 0. The van der Waals surface area contributed by atoms with Crippen LogP contribution in [-0.4, -0.2) is 17.7 Å². The number of nitrogens with two attached hydrogens (primary N) is 2. The minimum atomic E-state index is 0.0667. The van der Waals surface area contributed by atoms with Crippen molar-refractivity contribution in [2.45, 2.75) is 0 Å². The summed E-state index contributed by atoms with van der Waals surface area (Å²) >= 11 is 0. The van der Waals surface area contributed by atoms with Crippen molar-refractivity contribution in [3.63, 3.8) is 0 Å². The highest BCUT2D eigenvalue weighted by atomic mass is 16.6. The molecule has 0 fully saturated rings. The topological polar surface area (TPSA) is 96.3 Å². The predicted octanol–water partition coefficient (Wildman–Crippen LogP) is 0.365. The molecule has 0 saturated carbocycles. The molecule has 0 radical (unpaired) electrons. The molecule has 0 bridgehead atoms. The van der Waals surface area contributed by atoms with Crippen LogP contribution in [0.4, 0.5) is 11.6 Å². The van der Waals surface area contributed by atoms with E-state index in [2.05, 4.69) is 9.97 Å². The van der Waals surface area contributed by atoms with Crippen molar-refractivity contribution in [1.82, 2.24) is 9.97 Å². The van der Waals surface area contributed by atoms with Gasteiger partial charge in [0.1, 0.15) is 23.1 Å². The Bertz CT molecular complexity index is 429. The van der Waals surface area contributed by atoms with E-state index in [-0.39, 0.29) is 7.69 Å². The number of nitrogen functional groups attached to an aromatic ring is 2. The minimum absolute atomic E-state index is 0.0667. The first-order chi connectivity index (χ1) is 8.24. The van der Waals surface area contributed by atoms with Crippen molar-refractivity contribution in [1.29, 1.82) is 0 Å². The Balaban J connectivity index is 1.83. The van der Waals surface area contributed by atoms with Crippen LogP contribution < -0.4 is 20.8 Å². The molecule has 0 spiro atoms. The lowest BCUT2D eigenvalue weighted by Gasteiger charge is -2.06. The Morgan fingerprint density at radius 1 is 0.824 bits per heavy atom. The number of rotatable bonds is 4. The molecule has 0 aliphatic heterocycles. The predicted molar refractivity (Wildman–Crippen MR) is 65.7 cm³/mol. The highest BCUT2D eigenvalue weighted by molar-refractivity contribution is 6.20. The number of pyridine rings is 2. The van der Waals surface area contributed by atoms with E-state index in [0.29, 0.717) is 23.1 Å². The van der Waals surface area contributed by atoms with Gasteiger partial charge in [0.25, 0.3) is 0 Å². The van der Waals surface area contributed by atoms with Gasteiger partial charge in [0.2, 0.25) is 0 Å². The Morgan fingerprint density at radius 2 is 1.29 bits per heavy atom. The summed E-state index contributed by atoms with van der Waals surface area (Å²) in [7, 11) is 0.0667. The molecule has 0 unspecified atom stereocenters. The average Bonchev–Trinajstić information content (AvgIpc) is 2.34. The number of nitrogens with zero attached hydrogens (tertiary/aromatic N) is 2. The van der Waals surface area contributed by atoms with Crippen LogP contribution >= 0.6 is 0 Å². The maximum absolute atomic E-state index is 5.44. The summed E-state index contributed by atoms with van der Waals surface area (Å²) < 4.78 is 10.6. The zero-order valence-electron chi connectivity index (χ0n) is 9.04. The molecular formula is C10H11BN4O2. The van der Waals surface area contributed by atoms with Gasteiger partial charge in [0.15, 0.2) is 0 Å². The second kappa shape index (κ2) is 5.06. The van der Waals surface area contributed by atoms with Gasteiger partial charge in [-0.3, -0.25) is 0 Å². The zero-order valence-corrected chi connectivity index (χ0v) is 9.04. The molecule has 0 aliphatic rings. The molecular weight excluding hydrogens is 219 g/mol. The summed E-state index contributed by atoms with van der Waals surface area (Å²) in [6.07, 6.45) is 3.06. The second-order valence-corrected chi connectivity index (χ2v) is 3.24. The van der Waals surface area contributed by atoms with Gasteiger partial charge in [-0.2, -0.15) is 0 Å². The lowest BCUT2D eigenvalue weighted by molar-refractivity contribution is 0.457. The van der Waals surface area contributed by atoms with Gasteiger partial charge in [-0.15, -0.1) is 0 Å². The third-order valence-electron chi connectivity index (χ3n) is 1.97. The molecule has 4 N–H and O–H groups in total. The average molecular weight is 230 g/mol. The van der Waals surface area contributed by atoms with Crippen molar-refractivity contribution in [2.75, 3.05) is 11.5 Å². The van der Waals surface area contributed by atoms with Crippen molar-refractivity contribution in [3.8, 4) is 11.5 Å². The summed E-state index contributed by atoms with van der Waals surface area (Å²) in [6.45, 7) is 0. The Labute approximate surface area is 98.9 Å². The van der Waals surface area contributed by atoms with Gasteiger partial charge in [-0.1, -0.05) is 0 Å². The minimum Gasteiger partial charge on any atom is -0.527 e. The summed E-state index contributed by atoms with van der Waals surface area (Å²) in [5.74, 6) is 2.06. The van der Waals surface area contributed by atoms with Gasteiger partial charge in [0, 0.05) is 0 Å². The molecule has 0 atom stereocenters. The van der Waals surface area contributed by atoms with Gasteiger partial charge < -0.3 is 20.8 Å². The van der Waals surface area contributed by atoms with Gasteiger partial charge >= 0.3 is 7.69 Å². The molecule has 2 aromatic heterocycles. The molecule has 0 saturated heterocycles. The summed E-state index contributed by atoms with van der Waals surface area (Å²) in [6, 6.07) is 6.74. The molecule has 17 heavy (non-hydrogen) atoms. The Morgan fingerprint density at radius 3 is 1.65 bits per heavy atom. The molecule has 0 amide bonds. The van der Waals surface area contributed by atoms with Gasteiger partial charge in [-0.05, 0) is 24.3 Å². The monoisotopic (exact) mass is 230 g/mol. The Hall–Kier alpha value is -2.44. The first kappa shape index (κ1) is 11.1. The molecule has 2 aromatic rings. The van der Waals surface area contributed by atoms with Crippen molar-refractivity contribution >= 4 is 19.3 Å². The lowest BCUT2D eigenvalue weighted by atomic mass is 10.3. The van der Waals surface area contributed by atoms with Crippen LogP contribution in [0.25, 0.3) is 0 Å². The van der Waals surface area contributed by atoms with Crippen LogP contribution in [0.15, 0.2) is 36.7 Å². The maximum atomic E-state index is 5.44. The third-order valence-corrected chi connectivity index (χ3v) is 1.97. The Kier molecular flexibility index (Phi) is 3.30. The van der Waals surface area contributed by atoms with Crippen LogP contribution in [0.5, 0.6) is 11.5 Å². The number of aromatic nitrogens is 2. The van der Waals surface area contributed by atoms with Crippen LogP contribution in [-0.2, 0) is 0 Å². The van der Waals surface area contributed by atoms with E-state index in [9.17, 15) is 0 Å². The highest BCUT2D eigenvalue weighted by Crippen LogP contribution is 2.11. The van der Waals surface area contributed by atoms with E-state index in [1.807, 2.05) is 0 Å². The highest BCUT2D eigenvalue weighted by Gasteiger charge is 2.00. The fourth-order valence-electron chi connectivity index (χ4n) is 1.12. The van der Waals surface area contributed by atoms with E-state index in [1.54, 1.807) is 24.3 Å². The zero-order chi connectivity index (χ0) is 12.1. The standard InChI is InChI=1S/C10H11BN4O2/c12-9-3-1-7(5-14-9)16-11-17-8-2-4-10(13)15-6-8/h1-6,11H,(H2,12,14)(H2,13,15). The number of hydrogen-bond acceptors (Lipinski definition) is 6. The summed E-state index contributed by atoms with van der Waals surface area (Å²) in [5, 5.41) is 0. The van der Waals surface area contributed by atoms with Gasteiger partial charge in [0.05, 0.1) is 12.4 Å². The first-order valence-corrected chi connectivity index (χ1v) is 4.93. The SMILES string of the molecule is Nc1ccc(OBOc2ccc(N)nc2)cn1. The van der Waals surface area contributed by atoms with Crippen LogP contribution in [0, 0.1) is 0 Å². The molecule has 6 nitrogen and oxygen atoms in total. The molecule has 0 aliphatic carbocycles. The number of anilines is 2. The van der Waals surface area contributed by atoms with Crippen LogP contribution in [0.3, 0.4) is 0 Å². The third kappa shape index (κ3) is 3.27. The second-order valence-electron chi connectivity index (χ2n) is 3.24. The largest absolute Gasteiger partial charge is 0.576 e. The fourth-order valence-corrected chi connectivity index (χ4v) is 1.12. The maximum Gasteiger partial charge on any atom is 0.576 e. The molecule has 7 heteroatoms. The quantitative estimate of drug-likeness (QED) is 0.736. The van der Waals surface area contributed by atoms with E-state index < -0.39 is 0 Å². The van der Waals surface area contributed by atoms with Gasteiger partial charge in [-0.25, -0.2) is 9.97 Å². The van der Waals surface area contributed by atoms with E-state index >= 15 is 0 Å². The smallest absolute Gasteiger partial charge is 0.527 e. The number of hydrogen-bond donors (Lipinski definition) is 2. The van der Waals surface area contributed by atoms with Crippen molar-refractivity contribution in [2.24, 2.45) is 0 Å². The lowest BCUT2D eigenvalue weighted by Crippen LogP contribution is -2.11. The van der Waals surface area contributed by atoms with E-state index in [0.717, 1.165) is 0 Å². The normalized spacial score (nSPS) is 9.65. The summed E-state index contributed by atoms with van der Waals surface area (Å²) in [4.78, 5) is 7.77.